The summed E-state index contributed by atoms with van der Waals surface area (Å²) in [4.78, 5) is 11.0. The number of hydrogen-bond donors (Lipinski definition) is 0. The van der Waals surface area contributed by atoms with Crippen molar-refractivity contribution in [3.63, 3.8) is 0 Å². The lowest BCUT2D eigenvalue weighted by atomic mass is 10.1. The predicted molar refractivity (Wildman–Crippen MR) is 74.5 cm³/mol. The Hall–Kier alpha value is -1.75. The summed E-state index contributed by atoms with van der Waals surface area (Å²) in [5.41, 5.74) is 1.39. The summed E-state index contributed by atoms with van der Waals surface area (Å²) in [7, 11) is 0. The minimum Gasteiger partial charge on any atom is -0.296 e. The van der Waals surface area contributed by atoms with Crippen molar-refractivity contribution >= 4 is 17.9 Å². The number of carbonyl (C=O) groups excluding carboxylic acids is 1. The normalized spacial score (nSPS) is 10.8. The van der Waals surface area contributed by atoms with Crippen LogP contribution in [0.2, 0.25) is 5.02 Å². The van der Waals surface area contributed by atoms with E-state index in [-0.39, 0.29) is 12.4 Å². The maximum absolute atomic E-state index is 13.8. The van der Waals surface area contributed by atoms with Gasteiger partial charge in [0.25, 0.3) is 0 Å². The van der Waals surface area contributed by atoms with Gasteiger partial charge in [-0.05, 0) is 25.0 Å². The molecule has 0 saturated heterocycles. The molecule has 4 nitrogen and oxygen atoms in total. The van der Waals surface area contributed by atoms with E-state index in [1.165, 1.54) is 6.07 Å². The Balaban J connectivity index is 2.33. The molecule has 2 rings (SSSR count). The van der Waals surface area contributed by atoms with Crippen molar-refractivity contribution in [3.8, 4) is 0 Å². The van der Waals surface area contributed by atoms with Crippen molar-refractivity contribution in [1.29, 1.82) is 0 Å². The summed E-state index contributed by atoms with van der Waals surface area (Å²) in [6, 6.07) is 4.53. The Bertz CT molecular complexity index is 592. The Labute approximate surface area is 121 Å². The monoisotopic (exact) mass is 295 g/mol. The van der Waals surface area contributed by atoms with Crippen LogP contribution in [0.4, 0.5) is 4.39 Å². The van der Waals surface area contributed by atoms with Gasteiger partial charge in [0.15, 0.2) is 6.29 Å². The van der Waals surface area contributed by atoms with Crippen molar-refractivity contribution in [2.24, 2.45) is 0 Å². The highest BCUT2D eigenvalue weighted by Crippen LogP contribution is 2.21. The van der Waals surface area contributed by atoms with E-state index in [1.807, 2.05) is 0 Å². The fourth-order valence-electron chi connectivity index (χ4n) is 2.00. The Morgan fingerprint density at radius 3 is 2.90 bits per heavy atom. The van der Waals surface area contributed by atoms with Crippen molar-refractivity contribution < 1.29 is 9.18 Å². The molecule has 0 aliphatic heterocycles. The molecular weight excluding hydrogens is 281 g/mol. The van der Waals surface area contributed by atoms with Crippen LogP contribution >= 0.6 is 11.6 Å². The van der Waals surface area contributed by atoms with Gasteiger partial charge in [-0.25, -0.2) is 9.07 Å². The van der Waals surface area contributed by atoms with Crippen LogP contribution < -0.4 is 0 Å². The molecule has 0 saturated carbocycles. The number of aromatic nitrogens is 3. The van der Waals surface area contributed by atoms with E-state index in [0.29, 0.717) is 29.0 Å². The number of benzene rings is 1. The van der Waals surface area contributed by atoms with Gasteiger partial charge >= 0.3 is 0 Å². The zero-order valence-corrected chi connectivity index (χ0v) is 11.9. The largest absolute Gasteiger partial charge is 0.296 e. The third-order valence-corrected chi connectivity index (χ3v) is 3.47. The maximum atomic E-state index is 13.8. The summed E-state index contributed by atoms with van der Waals surface area (Å²) in [5, 5.41) is 8.09. The van der Waals surface area contributed by atoms with Crippen LogP contribution in [-0.2, 0) is 13.0 Å². The van der Waals surface area contributed by atoms with Crippen molar-refractivity contribution in [3.05, 3.63) is 46.0 Å². The quantitative estimate of drug-likeness (QED) is 0.768. The highest BCUT2D eigenvalue weighted by Gasteiger charge is 2.15. The Morgan fingerprint density at radius 1 is 1.45 bits per heavy atom. The number of aldehydes is 1. The van der Waals surface area contributed by atoms with Crippen molar-refractivity contribution in [1.82, 2.24) is 15.0 Å². The second-order valence-corrected chi connectivity index (χ2v) is 4.91. The van der Waals surface area contributed by atoms with Crippen LogP contribution in [0, 0.1) is 5.82 Å². The molecule has 0 atom stereocenters. The first-order chi connectivity index (χ1) is 9.67. The average Bonchev–Trinajstić information content (AvgIpc) is 2.82. The molecule has 0 bridgehead atoms. The first-order valence-corrected chi connectivity index (χ1v) is 6.85. The Kier molecular flexibility index (Phi) is 4.84. The van der Waals surface area contributed by atoms with Gasteiger partial charge in [-0.15, -0.1) is 5.10 Å². The molecule has 0 radical (unpaired) electrons. The maximum Gasteiger partial charge on any atom is 0.172 e. The third kappa shape index (κ3) is 3.04. The minimum atomic E-state index is -0.387. The van der Waals surface area contributed by atoms with Gasteiger partial charge in [-0.3, -0.25) is 4.79 Å². The highest BCUT2D eigenvalue weighted by atomic mass is 35.5. The molecule has 0 N–H and O–H groups in total. The third-order valence-electron chi connectivity index (χ3n) is 3.12. The number of unbranched alkanes of at least 4 members (excludes halogenated alkanes) is 1. The van der Waals surface area contributed by atoms with Gasteiger partial charge in [0.1, 0.15) is 11.5 Å². The molecule has 1 heterocycles. The molecule has 1 aromatic heterocycles. The summed E-state index contributed by atoms with van der Waals surface area (Å²) < 4.78 is 15.3. The lowest BCUT2D eigenvalue weighted by Crippen LogP contribution is -2.09. The van der Waals surface area contributed by atoms with Gasteiger partial charge in [-0.1, -0.05) is 36.2 Å². The van der Waals surface area contributed by atoms with E-state index in [2.05, 4.69) is 17.2 Å². The second kappa shape index (κ2) is 6.61. The topological polar surface area (TPSA) is 47.8 Å². The van der Waals surface area contributed by atoms with Crippen molar-refractivity contribution in [2.45, 2.75) is 32.7 Å². The molecule has 20 heavy (non-hydrogen) atoms. The summed E-state index contributed by atoms with van der Waals surface area (Å²) in [5.74, 6) is -0.387. The minimum absolute atomic E-state index is 0.172. The predicted octanol–water partition coefficient (Wildman–Crippen LogP) is 3.27. The second-order valence-electron chi connectivity index (χ2n) is 4.50. The summed E-state index contributed by atoms with van der Waals surface area (Å²) >= 11 is 6.01. The van der Waals surface area contributed by atoms with Crippen molar-refractivity contribution in [2.75, 3.05) is 0 Å². The summed E-state index contributed by atoms with van der Waals surface area (Å²) in [6.45, 7) is 2.23. The lowest BCUT2D eigenvalue weighted by molar-refractivity contribution is 0.111. The average molecular weight is 296 g/mol. The fraction of sp³-hybridized carbons (Fsp3) is 0.357. The molecule has 0 aliphatic carbocycles. The van der Waals surface area contributed by atoms with E-state index >= 15 is 0 Å². The highest BCUT2D eigenvalue weighted by molar-refractivity contribution is 6.31. The fourth-order valence-corrected chi connectivity index (χ4v) is 2.22. The van der Waals surface area contributed by atoms with E-state index in [9.17, 15) is 9.18 Å². The number of hydrogen-bond acceptors (Lipinski definition) is 3. The lowest BCUT2D eigenvalue weighted by Gasteiger charge is -2.09. The number of halogens is 2. The molecule has 0 aliphatic rings. The van der Waals surface area contributed by atoms with Gasteiger partial charge in [0.05, 0.1) is 12.2 Å². The standard InChI is InChI=1S/C14H15ClFN3O/c1-2-3-7-14-13(9-20)17-18-19(14)8-10-11(15)5-4-6-12(10)16/h4-6,9H,2-3,7-8H2,1H3. The zero-order valence-electron chi connectivity index (χ0n) is 11.1. The molecule has 0 amide bonds. The van der Waals surface area contributed by atoms with Gasteiger partial charge in [-0.2, -0.15) is 0 Å². The van der Waals surface area contributed by atoms with E-state index in [1.54, 1.807) is 16.8 Å². The Morgan fingerprint density at radius 2 is 2.25 bits per heavy atom. The molecule has 106 valence electrons. The van der Waals surface area contributed by atoms with E-state index in [4.69, 9.17) is 11.6 Å². The van der Waals surface area contributed by atoms with Crippen LogP contribution in [0.5, 0.6) is 0 Å². The number of nitrogens with zero attached hydrogens (tertiary/aromatic N) is 3. The molecule has 1 aromatic carbocycles. The molecular formula is C14H15ClFN3O. The molecule has 2 aromatic rings. The van der Waals surface area contributed by atoms with E-state index in [0.717, 1.165) is 18.5 Å². The molecule has 0 fully saturated rings. The molecule has 6 heteroatoms. The zero-order chi connectivity index (χ0) is 14.5. The van der Waals surface area contributed by atoms with Crippen LogP contribution in [0.3, 0.4) is 0 Å². The smallest absolute Gasteiger partial charge is 0.172 e. The van der Waals surface area contributed by atoms with Crippen LogP contribution in [0.15, 0.2) is 18.2 Å². The van der Waals surface area contributed by atoms with Gasteiger partial charge in [0.2, 0.25) is 0 Å². The number of rotatable bonds is 6. The molecule has 0 unspecified atom stereocenters. The van der Waals surface area contributed by atoms with Crippen LogP contribution in [0.25, 0.3) is 0 Å². The SMILES string of the molecule is CCCCc1c(C=O)nnn1Cc1c(F)cccc1Cl. The van der Waals surface area contributed by atoms with Crippen LogP contribution in [-0.4, -0.2) is 21.3 Å². The van der Waals surface area contributed by atoms with E-state index < -0.39 is 0 Å². The van der Waals surface area contributed by atoms with Gasteiger partial charge in [0, 0.05) is 10.6 Å². The summed E-state index contributed by atoms with van der Waals surface area (Å²) in [6.07, 6.45) is 3.27. The first kappa shape index (κ1) is 14.7. The first-order valence-electron chi connectivity index (χ1n) is 6.47. The van der Waals surface area contributed by atoms with Crippen LogP contribution in [0.1, 0.15) is 41.5 Å². The molecule has 0 spiro atoms. The van der Waals surface area contributed by atoms with Gasteiger partial charge < -0.3 is 0 Å². The number of carbonyl (C=O) groups is 1.